The fourth-order valence-electron chi connectivity index (χ4n) is 1.94. The third kappa shape index (κ3) is 3.20. The Balaban J connectivity index is 3.01. The van der Waals surface area contributed by atoms with E-state index in [1.807, 2.05) is 18.7 Å². The number of ether oxygens (including phenoxy) is 1. The van der Waals surface area contributed by atoms with E-state index >= 15 is 0 Å². The van der Waals surface area contributed by atoms with Gasteiger partial charge in [0.25, 0.3) is 0 Å². The van der Waals surface area contributed by atoms with Crippen LogP contribution in [0.3, 0.4) is 0 Å². The Morgan fingerprint density at radius 3 is 2.67 bits per heavy atom. The Hall–Kier alpha value is -1.62. The van der Waals surface area contributed by atoms with E-state index < -0.39 is 11.8 Å². The minimum Gasteiger partial charge on any atom is -0.478 e. The van der Waals surface area contributed by atoms with Crippen LogP contribution in [-0.4, -0.2) is 37.4 Å². The molecule has 0 aliphatic carbocycles. The zero-order valence-corrected chi connectivity index (χ0v) is 10.8. The van der Waals surface area contributed by atoms with Gasteiger partial charge in [0.15, 0.2) is 0 Å². The summed E-state index contributed by atoms with van der Waals surface area (Å²) in [5.74, 6) is -1.98. The van der Waals surface area contributed by atoms with Gasteiger partial charge < -0.3 is 14.7 Å². The van der Waals surface area contributed by atoms with Crippen LogP contribution in [-0.2, 0) is 4.74 Å². The van der Waals surface area contributed by atoms with Crippen LogP contribution < -0.4 is 4.90 Å². The largest absolute Gasteiger partial charge is 0.478 e. The van der Waals surface area contributed by atoms with Gasteiger partial charge in [-0.2, -0.15) is 0 Å². The number of anilines is 1. The fourth-order valence-corrected chi connectivity index (χ4v) is 1.94. The standard InChI is InChI=1S/C13H18FNO3/c1-4-15(9(2)8-18-3)10-5-6-11(13(16)17)12(14)7-10/h5-7,9H,4,8H2,1-3H3,(H,16,17). The van der Waals surface area contributed by atoms with Crippen molar-refractivity contribution in [1.29, 1.82) is 0 Å². The molecule has 1 aromatic carbocycles. The van der Waals surface area contributed by atoms with Gasteiger partial charge in [-0.1, -0.05) is 0 Å². The van der Waals surface area contributed by atoms with E-state index in [1.165, 1.54) is 12.1 Å². The lowest BCUT2D eigenvalue weighted by molar-refractivity contribution is 0.0692. The number of rotatable bonds is 6. The van der Waals surface area contributed by atoms with Gasteiger partial charge in [0.2, 0.25) is 0 Å². The molecule has 18 heavy (non-hydrogen) atoms. The number of carboxylic acids is 1. The third-order valence-corrected chi connectivity index (χ3v) is 2.80. The lowest BCUT2D eigenvalue weighted by Crippen LogP contribution is -2.36. The summed E-state index contributed by atoms with van der Waals surface area (Å²) < 4.78 is 18.7. The minimum absolute atomic E-state index is 0.0927. The molecule has 0 fully saturated rings. The molecule has 1 rings (SSSR count). The highest BCUT2D eigenvalue weighted by Gasteiger charge is 2.16. The molecule has 0 bridgehead atoms. The quantitative estimate of drug-likeness (QED) is 0.848. The average Bonchev–Trinajstić information content (AvgIpc) is 2.29. The van der Waals surface area contributed by atoms with Crippen molar-refractivity contribution in [3.63, 3.8) is 0 Å². The number of hydrogen-bond donors (Lipinski definition) is 1. The molecule has 0 aliphatic heterocycles. The van der Waals surface area contributed by atoms with Gasteiger partial charge in [0.05, 0.1) is 12.2 Å². The Morgan fingerprint density at radius 1 is 1.56 bits per heavy atom. The van der Waals surface area contributed by atoms with Crippen LogP contribution in [0, 0.1) is 5.82 Å². The number of methoxy groups -OCH3 is 1. The Labute approximate surface area is 106 Å². The molecule has 1 N–H and O–H groups in total. The second kappa shape index (κ2) is 6.35. The second-order valence-corrected chi connectivity index (χ2v) is 4.06. The Kier molecular flexibility index (Phi) is 5.09. The molecule has 100 valence electrons. The van der Waals surface area contributed by atoms with Gasteiger partial charge in [-0.15, -0.1) is 0 Å². The molecule has 5 heteroatoms. The van der Waals surface area contributed by atoms with E-state index in [1.54, 1.807) is 13.2 Å². The number of likely N-dealkylation sites (N-methyl/N-ethyl adjacent to an activating group) is 1. The predicted molar refractivity (Wildman–Crippen MR) is 67.7 cm³/mol. The van der Waals surface area contributed by atoms with Crippen molar-refractivity contribution in [3.05, 3.63) is 29.6 Å². The lowest BCUT2D eigenvalue weighted by atomic mass is 10.1. The van der Waals surface area contributed by atoms with Crippen LogP contribution in [0.1, 0.15) is 24.2 Å². The lowest BCUT2D eigenvalue weighted by Gasteiger charge is -2.29. The van der Waals surface area contributed by atoms with Crippen molar-refractivity contribution in [2.45, 2.75) is 19.9 Å². The van der Waals surface area contributed by atoms with E-state index in [9.17, 15) is 9.18 Å². The minimum atomic E-state index is -1.26. The van der Waals surface area contributed by atoms with Crippen molar-refractivity contribution in [3.8, 4) is 0 Å². The first-order valence-corrected chi connectivity index (χ1v) is 5.79. The summed E-state index contributed by atoms with van der Waals surface area (Å²) in [5, 5.41) is 8.77. The van der Waals surface area contributed by atoms with E-state index in [0.29, 0.717) is 18.8 Å². The van der Waals surface area contributed by atoms with E-state index in [0.717, 1.165) is 0 Å². The smallest absolute Gasteiger partial charge is 0.338 e. The van der Waals surface area contributed by atoms with Crippen LogP contribution in [0.15, 0.2) is 18.2 Å². The first-order valence-electron chi connectivity index (χ1n) is 5.79. The Bertz CT molecular complexity index is 423. The van der Waals surface area contributed by atoms with Gasteiger partial charge in [-0.25, -0.2) is 9.18 Å². The van der Waals surface area contributed by atoms with Gasteiger partial charge in [-0.05, 0) is 32.0 Å². The summed E-state index contributed by atoms with van der Waals surface area (Å²) in [6, 6.07) is 4.24. The van der Waals surface area contributed by atoms with Crippen molar-refractivity contribution in [2.24, 2.45) is 0 Å². The van der Waals surface area contributed by atoms with Crippen molar-refractivity contribution in [1.82, 2.24) is 0 Å². The van der Waals surface area contributed by atoms with E-state index in [-0.39, 0.29) is 11.6 Å². The molecule has 0 saturated carbocycles. The molecule has 0 amide bonds. The van der Waals surface area contributed by atoms with E-state index in [2.05, 4.69) is 0 Å². The molecule has 0 spiro atoms. The molecule has 0 radical (unpaired) electrons. The van der Waals surface area contributed by atoms with Crippen LogP contribution in [0.2, 0.25) is 0 Å². The molecular formula is C13H18FNO3. The molecule has 0 saturated heterocycles. The predicted octanol–water partition coefficient (Wildman–Crippen LogP) is 2.39. The zero-order valence-electron chi connectivity index (χ0n) is 10.8. The number of carbonyl (C=O) groups is 1. The van der Waals surface area contributed by atoms with Crippen LogP contribution in [0.5, 0.6) is 0 Å². The molecule has 0 aliphatic rings. The first kappa shape index (κ1) is 14.4. The van der Waals surface area contributed by atoms with E-state index in [4.69, 9.17) is 9.84 Å². The van der Waals surface area contributed by atoms with Crippen LogP contribution in [0.4, 0.5) is 10.1 Å². The van der Waals surface area contributed by atoms with Crippen molar-refractivity contribution >= 4 is 11.7 Å². The maximum atomic E-state index is 13.6. The molecule has 0 aromatic heterocycles. The number of carboxylic acid groups (broad SMARTS) is 1. The van der Waals surface area contributed by atoms with Crippen LogP contribution in [0.25, 0.3) is 0 Å². The summed E-state index contributed by atoms with van der Waals surface area (Å²) in [6.07, 6.45) is 0. The summed E-state index contributed by atoms with van der Waals surface area (Å²) in [5.41, 5.74) is 0.346. The van der Waals surface area contributed by atoms with Crippen molar-refractivity contribution in [2.75, 3.05) is 25.2 Å². The van der Waals surface area contributed by atoms with Gasteiger partial charge >= 0.3 is 5.97 Å². The Morgan fingerprint density at radius 2 is 2.22 bits per heavy atom. The first-order chi connectivity index (χ1) is 8.51. The summed E-state index contributed by atoms with van der Waals surface area (Å²) in [6.45, 7) is 5.14. The average molecular weight is 255 g/mol. The van der Waals surface area contributed by atoms with Crippen LogP contribution >= 0.6 is 0 Å². The number of halogens is 1. The SMILES string of the molecule is CCN(c1ccc(C(=O)O)c(F)c1)C(C)COC. The zero-order chi connectivity index (χ0) is 13.7. The molecule has 4 nitrogen and oxygen atoms in total. The maximum absolute atomic E-state index is 13.6. The summed E-state index contributed by atoms with van der Waals surface area (Å²) in [4.78, 5) is 12.7. The highest BCUT2D eigenvalue weighted by molar-refractivity contribution is 5.88. The number of nitrogens with zero attached hydrogens (tertiary/aromatic N) is 1. The highest BCUT2D eigenvalue weighted by atomic mass is 19.1. The summed E-state index contributed by atoms with van der Waals surface area (Å²) >= 11 is 0. The fraction of sp³-hybridized carbons (Fsp3) is 0.462. The van der Waals surface area contributed by atoms with Gasteiger partial charge in [0, 0.05) is 25.4 Å². The number of aromatic carboxylic acids is 1. The summed E-state index contributed by atoms with van der Waals surface area (Å²) in [7, 11) is 1.61. The third-order valence-electron chi connectivity index (χ3n) is 2.80. The monoisotopic (exact) mass is 255 g/mol. The topological polar surface area (TPSA) is 49.8 Å². The second-order valence-electron chi connectivity index (χ2n) is 4.06. The maximum Gasteiger partial charge on any atom is 0.338 e. The molecule has 1 unspecified atom stereocenters. The number of hydrogen-bond acceptors (Lipinski definition) is 3. The normalized spacial score (nSPS) is 12.2. The molecule has 1 atom stereocenters. The van der Waals surface area contributed by atoms with Gasteiger partial charge in [0.1, 0.15) is 5.82 Å². The molecule has 1 aromatic rings. The highest BCUT2D eigenvalue weighted by Crippen LogP contribution is 2.20. The van der Waals surface area contributed by atoms with Gasteiger partial charge in [-0.3, -0.25) is 0 Å². The number of benzene rings is 1. The molecule has 0 heterocycles. The molecular weight excluding hydrogens is 237 g/mol. The van der Waals surface area contributed by atoms with Crippen molar-refractivity contribution < 1.29 is 19.0 Å².